The van der Waals surface area contributed by atoms with Gasteiger partial charge < -0.3 is 5.32 Å². The number of nitrogens with one attached hydrogen (secondary N) is 1. The fourth-order valence-electron chi connectivity index (χ4n) is 4.00. The standard InChI is InChI=1S/C20H27N/c1-3-21-19(14-16-8-4-5-9-16)20-15(2)12-13-17-10-6-7-11-18(17)20/h6-7,10-13,16,19,21H,3-5,8-9,14H2,1-2H3. The number of hydrogen-bond acceptors (Lipinski definition) is 1. The summed E-state index contributed by atoms with van der Waals surface area (Å²) in [6.45, 7) is 5.53. The van der Waals surface area contributed by atoms with Gasteiger partial charge >= 0.3 is 0 Å². The molecule has 1 saturated carbocycles. The van der Waals surface area contributed by atoms with Crippen LogP contribution >= 0.6 is 0 Å². The smallest absolute Gasteiger partial charge is 0.0331 e. The molecule has 0 aromatic heterocycles. The van der Waals surface area contributed by atoms with Crippen molar-refractivity contribution in [3.05, 3.63) is 47.5 Å². The molecule has 2 aromatic carbocycles. The average Bonchev–Trinajstić information content (AvgIpc) is 3.00. The zero-order chi connectivity index (χ0) is 14.7. The van der Waals surface area contributed by atoms with Crippen LogP contribution in [-0.2, 0) is 0 Å². The normalized spacial score (nSPS) is 17.4. The van der Waals surface area contributed by atoms with Crippen LogP contribution in [0, 0.1) is 12.8 Å². The van der Waals surface area contributed by atoms with Crippen molar-refractivity contribution in [3.63, 3.8) is 0 Å². The molecule has 0 aliphatic heterocycles. The number of aryl methyl sites for hydroxylation is 1. The van der Waals surface area contributed by atoms with Crippen LogP contribution < -0.4 is 5.32 Å². The van der Waals surface area contributed by atoms with Gasteiger partial charge in [-0.15, -0.1) is 0 Å². The number of benzene rings is 2. The van der Waals surface area contributed by atoms with E-state index in [0.717, 1.165) is 12.5 Å². The van der Waals surface area contributed by atoms with E-state index in [-0.39, 0.29) is 0 Å². The van der Waals surface area contributed by atoms with Gasteiger partial charge in [0.25, 0.3) is 0 Å². The molecule has 1 aliphatic rings. The van der Waals surface area contributed by atoms with Gasteiger partial charge in [0.1, 0.15) is 0 Å². The first kappa shape index (κ1) is 14.6. The highest BCUT2D eigenvalue weighted by Crippen LogP contribution is 2.36. The molecule has 3 rings (SSSR count). The summed E-state index contributed by atoms with van der Waals surface area (Å²) in [5.74, 6) is 0.910. The molecule has 1 fully saturated rings. The SMILES string of the molecule is CCNC(CC1CCCC1)c1c(C)ccc2ccccc12. The Morgan fingerprint density at radius 3 is 2.62 bits per heavy atom. The maximum Gasteiger partial charge on any atom is 0.0331 e. The highest BCUT2D eigenvalue weighted by molar-refractivity contribution is 5.87. The molecular weight excluding hydrogens is 254 g/mol. The van der Waals surface area contributed by atoms with E-state index in [9.17, 15) is 0 Å². The van der Waals surface area contributed by atoms with Crippen molar-refractivity contribution in [2.24, 2.45) is 5.92 Å². The molecule has 21 heavy (non-hydrogen) atoms. The van der Waals surface area contributed by atoms with Crippen molar-refractivity contribution in [1.82, 2.24) is 5.32 Å². The van der Waals surface area contributed by atoms with Crippen molar-refractivity contribution in [1.29, 1.82) is 0 Å². The minimum Gasteiger partial charge on any atom is -0.310 e. The minimum absolute atomic E-state index is 0.504. The summed E-state index contributed by atoms with van der Waals surface area (Å²) >= 11 is 0. The van der Waals surface area contributed by atoms with E-state index < -0.39 is 0 Å². The Balaban J connectivity index is 1.99. The van der Waals surface area contributed by atoms with Crippen LogP contribution in [-0.4, -0.2) is 6.54 Å². The molecule has 1 heteroatoms. The lowest BCUT2D eigenvalue weighted by Crippen LogP contribution is -2.24. The highest BCUT2D eigenvalue weighted by Gasteiger charge is 2.23. The molecule has 1 aliphatic carbocycles. The third-order valence-corrected chi connectivity index (χ3v) is 5.03. The van der Waals surface area contributed by atoms with Crippen molar-refractivity contribution in [3.8, 4) is 0 Å². The summed E-state index contributed by atoms with van der Waals surface area (Å²) in [6, 6.07) is 13.9. The van der Waals surface area contributed by atoms with Gasteiger partial charge in [-0.1, -0.05) is 69.0 Å². The number of fused-ring (bicyclic) bond motifs is 1. The number of hydrogen-bond donors (Lipinski definition) is 1. The first-order valence-electron chi connectivity index (χ1n) is 8.51. The summed E-state index contributed by atoms with van der Waals surface area (Å²) in [5, 5.41) is 6.56. The fourth-order valence-corrected chi connectivity index (χ4v) is 4.00. The summed E-state index contributed by atoms with van der Waals surface area (Å²) < 4.78 is 0. The maximum absolute atomic E-state index is 3.76. The van der Waals surface area contributed by atoms with Crippen molar-refractivity contribution >= 4 is 10.8 Å². The molecule has 112 valence electrons. The Kier molecular flexibility index (Phi) is 4.60. The maximum atomic E-state index is 3.76. The molecule has 0 heterocycles. The molecule has 0 bridgehead atoms. The quantitative estimate of drug-likeness (QED) is 0.776. The van der Waals surface area contributed by atoms with Crippen molar-refractivity contribution in [2.75, 3.05) is 6.54 Å². The first-order chi connectivity index (χ1) is 10.3. The van der Waals surface area contributed by atoms with Gasteiger partial charge in [0, 0.05) is 6.04 Å². The molecule has 0 radical (unpaired) electrons. The van der Waals surface area contributed by atoms with Gasteiger partial charge in [0.15, 0.2) is 0 Å². The van der Waals surface area contributed by atoms with Gasteiger partial charge in [-0.3, -0.25) is 0 Å². The minimum atomic E-state index is 0.504. The van der Waals surface area contributed by atoms with Gasteiger partial charge in [-0.05, 0) is 47.7 Å². The molecule has 0 spiro atoms. The Morgan fingerprint density at radius 2 is 1.86 bits per heavy atom. The van der Waals surface area contributed by atoms with E-state index >= 15 is 0 Å². The Labute approximate surface area is 128 Å². The largest absolute Gasteiger partial charge is 0.310 e. The van der Waals surface area contributed by atoms with E-state index in [0.29, 0.717) is 6.04 Å². The Morgan fingerprint density at radius 1 is 1.10 bits per heavy atom. The summed E-state index contributed by atoms with van der Waals surface area (Å²) in [5.41, 5.74) is 2.96. The second kappa shape index (κ2) is 6.62. The average molecular weight is 281 g/mol. The van der Waals surface area contributed by atoms with Crippen LogP contribution in [0.15, 0.2) is 36.4 Å². The third-order valence-electron chi connectivity index (χ3n) is 5.03. The second-order valence-electron chi connectivity index (χ2n) is 6.51. The fraction of sp³-hybridized carbons (Fsp3) is 0.500. The number of rotatable bonds is 5. The zero-order valence-corrected chi connectivity index (χ0v) is 13.4. The molecule has 0 amide bonds. The summed E-state index contributed by atoms with van der Waals surface area (Å²) in [7, 11) is 0. The van der Waals surface area contributed by atoms with Crippen LogP contribution in [0.25, 0.3) is 10.8 Å². The van der Waals surface area contributed by atoms with E-state index in [2.05, 4.69) is 55.6 Å². The molecule has 0 saturated heterocycles. The van der Waals surface area contributed by atoms with E-state index in [4.69, 9.17) is 0 Å². The second-order valence-corrected chi connectivity index (χ2v) is 6.51. The molecule has 1 unspecified atom stereocenters. The topological polar surface area (TPSA) is 12.0 Å². The van der Waals surface area contributed by atoms with Gasteiger partial charge in [0.05, 0.1) is 0 Å². The summed E-state index contributed by atoms with van der Waals surface area (Å²) in [4.78, 5) is 0. The monoisotopic (exact) mass is 281 g/mol. The van der Waals surface area contributed by atoms with Crippen LogP contribution in [0.2, 0.25) is 0 Å². The molecule has 1 nitrogen and oxygen atoms in total. The zero-order valence-electron chi connectivity index (χ0n) is 13.4. The van der Waals surface area contributed by atoms with Crippen LogP contribution in [0.1, 0.15) is 56.2 Å². The Bertz CT molecular complexity index is 596. The predicted octanol–water partition coefficient (Wildman–Crippen LogP) is 5.38. The predicted molar refractivity (Wildman–Crippen MR) is 91.7 cm³/mol. The van der Waals surface area contributed by atoms with Crippen LogP contribution in [0.5, 0.6) is 0 Å². The lowest BCUT2D eigenvalue weighted by molar-refractivity contribution is 0.401. The molecular formula is C20H27N. The van der Waals surface area contributed by atoms with E-state index in [1.165, 1.54) is 54.0 Å². The Hall–Kier alpha value is -1.34. The van der Waals surface area contributed by atoms with Crippen molar-refractivity contribution < 1.29 is 0 Å². The van der Waals surface area contributed by atoms with Crippen molar-refractivity contribution in [2.45, 2.75) is 52.0 Å². The first-order valence-corrected chi connectivity index (χ1v) is 8.51. The van der Waals surface area contributed by atoms with Crippen LogP contribution in [0.4, 0.5) is 0 Å². The molecule has 1 atom stereocenters. The van der Waals surface area contributed by atoms with E-state index in [1.54, 1.807) is 0 Å². The van der Waals surface area contributed by atoms with Gasteiger partial charge in [-0.2, -0.15) is 0 Å². The van der Waals surface area contributed by atoms with E-state index in [1.807, 2.05) is 0 Å². The lowest BCUT2D eigenvalue weighted by atomic mass is 9.88. The molecule has 2 aromatic rings. The van der Waals surface area contributed by atoms with Gasteiger partial charge in [-0.25, -0.2) is 0 Å². The highest BCUT2D eigenvalue weighted by atomic mass is 14.9. The van der Waals surface area contributed by atoms with Crippen LogP contribution in [0.3, 0.4) is 0 Å². The third kappa shape index (κ3) is 3.13. The van der Waals surface area contributed by atoms with Gasteiger partial charge in [0.2, 0.25) is 0 Å². The molecule has 1 N–H and O–H groups in total. The summed E-state index contributed by atoms with van der Waals surface area (Å²) in [6.07, 6.45) is 7.00. The lowest BCUT2D eigenvalue weighted by Gasteiger charge is -2.25.